The Labute approximate surface area is 130 Å². The summed E-state index contributed by atoms with van der Waals surface area (Å²) in [6, 6.07) is 11.0. The van der Waals surface area contributed by atoms with Gasteiger partial charge in [0.2, 0.25) is 0 Å². The molecule has 0 fully saturated rings. The molecule has 2 rings (SSSR count). The number of nitrogens with one attached hydrogen (secondary N) is 1. The quantitative estimate of drug-likeness (QED) is 0.822. The molecule has 0 bridgehead atoms. The van der Waals surface area contributed by atoms with Gasteiger partial charge in [-0.1, -0.05) is 44.2 Å². The number of carboxylic acid groups (broad SMARTS) is 1. The van der Waals surface area contributed by atoms with E-state index in [9.17, 15) is 9.90 Å². The zero-order valence-corrected chi connectivity index (χ0v) is 12.9. The monoisotopic (exact) mass is 299 g/mol. The third-order valence-electron chi connectivity index (χ3n) is 3.24. The smallest absolute Gasteiger partial charge is 0.326 e. The summed E-state index contributed by atoms with van der Waals surface area (Å²) in [5.41, 5.74) is 1.12. The number of rotatable bonds is 7. The molecule has 0 radical (unpaired) electrons. The molecule has 1 aromatic heterocycles. The van der Waals surface area contributed by atoms with Gasteiger partial charge in [0.25, 0.3) is 0 Å². The predicted octanol–water partition coefficient (Wildman–Crippen LogP) is 2.98. The second-order valence-corrected chi connectivity index (χ2v) is 5.69. The van der Waals surface area contributed by atoms with Crippen molar-refractivity contribution in [2.75, 3.05) is 5.32 Å². The van der Waals surface area contributed by atoms with Crippen LogP contribution in [0.5, 0.6) is 0 Å². The minimum atomic E-state index is -0.864. The maximum Gasteiger partial charge on any atom is 0.326 e. The lowest BCUT2D eigenvalue weighted by Gasteiger charge is -2.17. The summed E-state index contributed by atoms with van der Waals surface area (Å²) < 4.78 is 0. The van der Waals surface area contributed by atoms with Gasteiger partial charge in [-0.05, 0) is 24.0 Å². The minimum Gasteiger partial charge on any atom is -0.480 e. The van der Waals surface area contributed by atoms with Crippen LogP contribution in [0.25, 0.3) is 0 Å². The van der Waals surface area contributed by atoms with Crippen LogP contribution in [0.2, 0.25) is 0 Å². The second kappa shape index (κ2) is 7.54. The Kier molecular flexibility index (Phi) is 5.47. The summed E-state index contributed by atoms with van der Waals surface area (Å²) in [6.07, 6.45) is 2.83. The first-order valence-electron chi connectivity index (χ1n) is 7.40. The number of aromatic nitrogens is 2. The Morgan fingerprint density at radius 1 is 1.23 bits per heavy atom. The number of nitrogens with zero attached hydrogens (tertiary/aromatic N) is 2. The third-order valence-corrected chi connectivity index (χ3v) is 3.24. The summed E-state index contributed by atoms with van der Waals surface area (Å²) in [7, 11) is 0. The van der Waals surface area contributed by atoms with Crippen molar-refractivity contribution in [3.05, 3.63) is 54.0 Å². The normalized spacial score (nSPS) is 12.1. The molecule has 0 saturated heterocycles. The van der Waals surface area contributed by atoms with Crippen molar-refractivity contribution >= 4 is 11.8 Å². The van der Waals surface area contributed by atoms with Crippen LogP contribution in [0.4, 0.5) is 5.82 Å². The van der Waals surface area contributed by atoms with E-state index in [0.29, 0.717) is 30.4 Å². The van der Waals surface area contributed by atoms with E-state index in [4.69, 9.17) is 0 Å². The molecule has 116 valence electrons. The lowest BCUT2D eigenvalue weighted by molar-refractivity contribution is -0.138. The van der Waals surface area contributed by atoms with Gasteiger partial charge in [0.05, 0.1) is 0 Å². The highest BCUT2D eigenvalue weighted by Gasteiger charge is 2.19. The molecule has 0 aliphatic rings. The van der Waals surface area contributed by atoms with Crippen molar-refractivity contribution < 1.29 is 9.90 Å². The number of hydrogen-bond acceptors (Lipinski definition) is 4. The van der Waals surface area contributed by atoms with E-state index in [1.807, 2.05) is 44.2 Å². The van der Waals surface area contributed by atoms with Gasteiger partial charge in [-0.15, -0.1) is 0 Å². The first-order valence-corrected chi connectivity index (χ1v) is 7.40. The van der Waals surface area contributed by atoms with Crippen molar-refractivity contribution in [3.63, 3.8) is 0 Å². The number of carboxylic acids is 1. The standard InChI is InChI=1S/C17H21N3O2/c1-12(2)10-14(17(21)22)19-15-8-9-18-16(20-15)11-13-6-4-3-5-7-13/h3-9,12,14H,10-11H2,1-2H3,(H,21,22)(H,18,19,20)/t14-/m0/s1. The summed E-state index contributed by atoms with van der Waals surface area (Å²) >= 11 is 0. The predicted molar refractivity (Wildman–Crippen MR) is 85.8 cm³/mol. The van der Waals surface area contributed by atoms with Crippen molar-refractivity contribution in [1.82, 2.24) is 9.97 Å². The molecule has 0 aliphatic heterocycles. The van der Waals surface area contributed by atoms with Crippen molar-refractivity contribution in [2.24, 2.45) is 5.92 Å². The average Bonchev–Trinajstić information content (AvgIpc) is 2.47. The largest absolute Gasteiger partial charge is 0.480 e. The van der Waals surface area contributed by atoms with E-state index in [2.05, 4.69) is 15.3 Å². The van der Waals surface area contributed by atoms with Gasteiger partial charge in [0, 0.05) is 12.6 Å². The van der Waals surface area contributed by atoms with E-state index in [0.717, 1.165) is 5.56 Å². The summed E-state index contributed by atoms with van der Waals surface area (Å²) in [4.78, 5) is 20.0. The van der Waals surface area contributed by atoms with E-state index in [1.165, 1.54) is 0 Å². The molecule has 22 heavy (non-hydrogen) atoms. The van der Waals surface area contributed by atoms with Crippen molar-refractivity contribution in [3.8, 4) is 0 Å². The highest BCUT2D eigenvalue weighted by Crippen LogP contribution is 2.13. The van der Waals surface area contributed by atoms with E-state index in [1.54, 1.807) is 12.3 Å². The molecule has 0 spiro atoms. The number of anilines is 1. The molecule has 5 heteroatoms. The summed E-state index contributed by atoms with van der Waals surface area (Å²) in [6.45, 7) is 4.00. The van der Waals surface area contributed by atoms with Crippen LogP contribution in [-0.2, 0) is 11.2 Å². The molecule has 2 aromatic rings. The molecule has 2 N–H and O–H groups in total. The van der Waals surface area contributed by atoms with Crippen LogP contribution in [0.3, 0.4) is 0 Å². The lowest BCUT2D eigenvalue weighted by atomic mass is 10.0. The molecule has 5 nitrogen and oxygen atoms in total. The highest BCUT2D eigenvalue weighted by molar-refractivity contribution is 5.76. The fourth-order valence-corrected chi connectivity index (χ4v) is 2.21. The van der Waals surface area contributed by atoms with E-state index < -0.39 is 12.0 Å². The van der Waals surface area contributed by atoms with Gasteiger partial charge in [0.15, 0.2) is 0 Å². The Hall–Kier alpha value is -2.43. The SMILES string of the molecule is CC(C)C[C@H](Nc1ccnc(Cc2ccccc2)n1)C(=O)O. The molecular weight excluding hydrogens is 278 g/mol. The van der Waals surface area contributed by atoms with Gasteiger partial charge in [-0.3, -0.25) is 0 Å². The van der Waals surface area contributed by atoms with E-state index >= 15 is 0 Å². The van der Waals surface area contributed by atoms with Gasteiger partial charge in [-0.25, -0.2) is 14.8 Å². The topological polar surface area (TPSA) is 75.1 Å². The zero-order chi connectivity index (χ0) is 15.9. The Balaban J connectivity index is 2.09. The summed E-state index contributed by atoms with van der Waals surface area (Å²) in [5.74, 6) is 0.648. The Morgan fingerprint density at radius 2 is 1.95 bits per heavy atom. The van der Waals surface area contributed by atoms with Crippen LogP contribution in [0.15, 0.2) is 42.6 Å². The minimum absolute atomic E-state index is 0.291. The fraction of sp³-hybridized carbons (Fsp3) is 0.353. The maximum absolute atomic E-state index is 11.3. The van der Waals surface area contributed by atoms with E-state index in [-0.39, 0.29) is 0 Å². The maximum atomic E-state index is 11.3. The third kappa shape index (κ3) is 4.84. The lowest BCUT2D eigenvalue weighted by Crippen LogP contribution is -2.31. The molecule has 0 amide bonds. The molecular formula is C17H21N3O2. The molecule has 0 aliphatic carbocycles. The van der Waals surface area contributed by atoms with Crippen molar-refractivity contribution in [1.29, 1.82) is 0 Å². The molecule has 1 atom stereocenters. The van der Waals surface area contributed by atoms with Crippen molar-refractivity contribution in [2.45, 2.75) is 32.7 Å². The number of benzene rings is 1. The molecule has 0 unspecified atom stereocenters. The molecule has 1 heterocycles. The fourth-order valence-electron chi connectivity index (χ4n) is 2.21. The van der Waals surface area contributed by atoms with Gasteiger partial charge in [0.1, 0.15) is 17.7 Å². The first kappa shape index (κ1) is 15.9. The second-order valence-electron chi connectivity index (χ2n) is 5.69. The molecule has 0 saturated carbocycles. The summed E-state index contributed by atoms with van der Waals surface area (Å²) in [5, 5.41) is 12.3. The van der Waals surface area contributed by atoms with Crippen LogP contribution < -0.4 is 5.32 Å². The zero-order valence-electron chi connectivity index (χ0n) is 12.9. The molecule has 1 aromatic carbocycles. The Morgan fingerprint density at radius 3 is 2.59 bits per heavy atom. The van der Waals surface area contributed by atoms with Crippen LogP contribution >= 0.6 is 0 Å². The number of carbonyl (C=O) groups is 1. The van der Waals surface area contributed by atoms with Crippen LogP contribution in [0, 0.1) is 5.92 Å². The first-order chi connectivity index (χ1) is 10.5. The van der Waals surface area contributed by atoms with Gasteiger partial charge < -0.3 is 10.4 Å². The number of hydrogen-bond donors (Lipinski definition) is 2. The Bertz CT molecular complexity index is 614. The van der Waals surface area contributed by atoms with Crippen LogP contribution in [-0.4, -0.2) is 27.1 Å². The average molecular weight is 299 g/mol. The van der Waals surface area contributed by atoms with Gasteiger partial charge >= 0.3 is 5.97 Å². The highest BCUT2D eigenvalue weighted by atomic mass is 16.4. The van der Waals surface area contributed by atoms with Gasteiger partial charge in [-0.2, -0.15) is 0 Å². The van der Waals surface area contributed by atoms with Crippen LogP contribution in [0.1, 0.15) is 31.7 Å². The number of aliphatic carboxylic acids is 1.